The summed E-state index contributed by atoms with van der Waals surface area (Å²) in [4.78, 5) is 10.4. The molecule has 0 aliphatic heterocycles. The number of nitro benzene ring substituents is 1. The van der Waals surface area contributed by atoms with Crippen LogP contribution in [0.2, 0.25) is 0 Å². The number of halogens is 3. The maximum absolute atomic E-state index is 13.5. The Bertz CT molecular complexity index is 474. The molecular weight excluding hydrogens is 324 g/mol. The van der Waals surface area contributed by atoms with Crippen LogP contribution in [0.5, 0.6) is 0 Å². The van der Waals surface area contributed by atoms with Crippen LogP contribution in [0.25, 0.3) is 0 Å². The Morgan fingerprint density at radius 1 is 1.50 bits per heavy atom. The normalized spacial score (nSPS) is 13.4. The molecule has 1 aromatic rings. The molecule has 0 heterocycles. The molecule has 0 amide bonds. The van der Waals surface area contributed by atoms with E-state index in [1.165, 1.54) is 12.1 Å². The van der Waals surface area contributed by atoms with Crippen molar-refractivity contribution in [2.24, 2.45) is 5.41 Å². The Morgan fingerprint density at radius 2 is 2.06 bits per heavy atom. The molecule has 0 aliphatic carbocycles. The van der Waals surface area contributed by atoms with Crippen LogP contribution in [0.15, 0.2) is 16.6 Å². The molecule has 0 saturated heterocycles. The van der Waals surface area contributed by atoms with Crippen molar-refractivity contribution in [3.63, 3.8) is 0 Å². The summed E-state index contributed by atoms with van der Waals surface area (Å²) in [7, 11) is 0. The first-order valence-electron chi connectivity index (χ1n) is 5.39. The number of rotatable bonds is 3. The Labute approximate surface area is 119 Å². The third-order valence-corrected chi connectivity index (χ3v) is 4.07. The molecule has 100 valence electrons. The van der Waals surface area contributed by atoms with Crippen molar-refractivity contribution < 1.29 is 9.31 Å². The molecule has 0 bridgehead atoms. The van der Waals surface area contributed by atoms with E-state index in [2.05, 4.69) is 15.9 Å². The number of alkyl halides is 1. The van der Waals surface area contributed by atoms with Crippen molar-refractivity contribution in [2.45, 2.75) is 32.6 Å². The van der Waals surface area contributed by atoms with Crippen molar-refractivity contribution in [3.8, 4) is 0 Å². The predicted molar refractivity (Wildman–Crippen MR) is 73.6 cm³/mol. The molecular formula is C12H14BrClFNO2. The third-order valence-electron chi connectivity index (χ3n) is 2.66. The number of nitrogens with zero attached hydrogens (tertiary/aromatic N) is 1. The lowest BCUT2D eigenvalue weighted by atomic mass is 9.87. The smallest absolute Gasteiger partial charge is 0.258 e. The number of benzene rings is 1. The first-order valence-corrected chi connectivity index (χ1v) is 6.62. The summed E-state index contributed by atoms with van der Waals surface area (Å²) in [6, 6.07) is 2.35. The maximum Gasteiger partial charge on any atom is 0.273 e. The lowest BCUT2D eigenvalue weighted by Gasteiger charge is -2.25. The molecule has 1 aromatic carbocycles. The Hall–Kier alpha value is -0.680. The van der Waals surface area contributed by atoms with Gasteiger partial charge in [-0.05, 0) is 33.8 Å². The molecule has 1 atom stereocenters. The minimum Gasteiger partial charge on any atom is -0.258 e. The summed E-state index contributed by atoms with van der Waals surface area (Å²) < 4.78 is 13.5. The van der Waals surface area contributed by atoms with Crippen LogP contribution in [0.4, 0.5) is 10.1 Å². The van der Waals surface area contributed by atoms with E-state index < -0.39 is 10.7 Å². The average Bonchev–Trinajstić information content (AvgIpc) is 2.21. The van der Waals surface area contributed by atoms with E-state index in [4.69, 9.17) is 11.6 Å². The highest BCUT2D eigenvalue weighted by Gasteiger charge is 2.26. The molecule has 6 heteroatoms. The van der Waals surface area contributed by atoms with Crippen LogP contribution in [0.3, 0.4) is 0 Å². The van der Waals surface area contributed by atoms with Gasteiger partial charge in [0.15, 0.2) is 0 Å². The van der Waals surface area contributed by atoms with Crippen LogP contribution in [-0.2, 0) is 6.42 Å². The van der Waals surface area contributed by atoms with Gasteiger partial charge in [-0.2, -0.15) is 0 Å². The number of hydrogen-bond donors (Lipinski definition) is 0. The van der Waals surface area contributed by atoms with Gasteiger partial charge in [0, 0.05) is 17.0 Å². The maximum atomic E-state index is 13.5. The zero-order valence-corrected chi connectivity index (χ0v) is 12.7. The summed E-state index contributed by atoms with van der Waals surface area (Å²) in [5.74, 6) is -0.520. The van der Waals surface area contributed by atoms with Crippen LogP contribution < -0.4 is 0 Å². The standard InChI is InChI=1S/C12H14BrClFNO2/c1-12(2,3)11(14)5-7-4-9(15)8(13)6-10(7)16(17)18/h4,6,11H,5H2,1-3H3. The second-order valence-electron chi connectivity index (χ2n) is 5.19. The van der Waals surface area contributed by atoms with Gasteiger partial charge in [0.1, 0.15) is 5.82 Å². The number of nitro groups is 1. The quantitative estimate of drug-likeness (QED) is 0.456. The lowest BCUT2D eigenvalue weighted by molar-refractivity contribution is -0.385. The highest BCUT2D eigenvalue weighted by atomic mass is 79.9. The molecule has 0 fully saturated rings. The van der Waals surface area contributed by atoms with E-state index in [9.17, 15) is 14.5 Å². The van der Waals surface area contributed by atoms with Crippen LogP contribution >= 0.6 is 27.5 Å². The average molecular weight is 339 g/mol. The third kappa shape index (κ3) is 3.65. The zero-order valence-electron chi connectivity index (χ0n) is 10.3. The second-order valence-corrected chi connectivity index (χ2v) is 6.57. The minimum absolute atomic E-state index is 0.0832. The van der Waals surface area contributed by atoms with Gasteiger partial charge in [-0.3, -0.25) is 10.1 Å². The Kier molecular flexibility index (Phi) is 4.72. The van der Waals surface area contributed by atoms with E-state index in [1.807, 2.05) is 20.8 Å². The highest BCUT2D eigenvalue weighted by Crippen LogP contribution is 2.32. The second kappa shape index (κ2) is 5.53. The van der Waals surface area contributed by atoms with E-state index in [0.29, 0.717) is 5.56 Å². The number of hydrogen-bond acceptors (Lipinski definition) is 2. The van der Waals surface area contributed by atoms with Gasteiger partial charge >= 0.3 is 0 Å². The fraction of sp³-hybridized carbons (Fsp3) is 0.500. The van der Waals surface area contributed by atoms with E-state index in [1.54, 1.807) is 0 Å². The van der Waals surface area contributed by atoms with Crippen molar-refractivity contribution in [1.29, 1.82) is 0 Å². The first kappa shape index (κ1) is 15.4. The lowest BCUT2D eigenvalue weighted by Crippen LogP contribution is -2.23. The highest BCUT2D eigenvalue weighted by molar-refractivity contribution is 9.10. The predicted octanol–water partition coefficient (Wildman–Crippen LogP) is 4.69. The van der Waals surface area contributed by atoms with E-state index in [-0.39, 0.29) is 27.4 Å². The summed E-state index contributed by atoms with van der Waals surface area (Å²) in [5.41, 5.74) is -0.00676. The molecule has 0 spiro atoms. The molecule has 0 aliphatic rings. The van der Waals surface area contributed by atoms with Crippen molar-refractivity contribution >= 4 is 33.2 Å². The molecule has 0 aromatic heterocycles. The molecule has 0 N–H and O–H groups in total. The fourth-order valence-corrected chi connectivity index (χ4v) is 1.91. The molecule has 0 radical (unpaired) electrons. The van der Waals surface area contributed by atoms with Crippen LogP contribution in [0, 0.1) is 21.3 Å². The molecule has 1 rings (SSSR count). The Morgan fingerprint density at radius 3 is 2.50 bits per heavy atom. The van der Waals surface area contributed by atoms with Crippen molar-refractivity contribution in [3.05, 3.63) is 38.1 Å². The summed E-state index contributed by atoms with van der Waals surface area (Å²) in [5, 5.41) is 10.6. The van der Waals surface area contributed by atoms with Crippen molar-refractivity contribution in [1.82, 2.24) is 0 Å². The summed E-state index contributed by atoms with van der Waals surface area (Å²) in [6.07, 6.45) is 0.256. The minimum atomic E-state index is -0.522. The largest absolute Gasteiger partial charge is 0.273 e. The van der Waals surface area contributed by atoms with Gasteiger partial charge in [0.05, 0.1) is 9.40 Å². The van der Waals surface area contributed by atoms with E-state index in [0.717, 1.165) is 0 Å². The fourth-order valence-electron chi connectivity index (χ4n) is 1.41. The van der Waals surface area contributed by atoms with E-state index >= 15 is 0 Å². The van der Waals surface area contributed by atoms with Crippen LogP contribution in [0.1, 0.15) is 26.3 Å². The summed E-state index contributed by atoms with van der Waals surface area (Å²) >= 11 is 9.15. The zero-order chi connectivity index (χ0) is 14.1. The van der Waals surface area contributed by atoms with Gasteiger partial charge < -0.3 is 0 Å². The van der Waals surface area contributed by atoms with Crippen molar-refractivity contribution in [2.75, 3.05) is 0 Å². The van der Waals surface area contributed by atoms with Gasteiger partial charge in [0.2, 0.25) is 0 Å². The van der Waals surface area contributed by atoms with Gasteiger partial charge in [-0.15, -0.1) is 11.6 Å². The van der Waals surface area contributed by atoms with Gasteiger partial charge in [-0.25, -0.2) is 4.39 Å². The molecule has 3 nitrogen and oxygen atoms in total. The SMILES string of the molecule is CC(C)(C)C(Cl)Cc1cc(F)c(Br)cc1[N+](=O)[O-]. The first-order chi connectivity index (χ1) is 8.12. The summed E-state index contributed by atoms with van der Waals surface area (Å²) in [6.45, 7) is 5.81. The molecule has 18 heavy (non-hydrogen) atoms. The monoisotopic (exact) mass is 337 g/mol. The van der Waals surface area contributed by atoms with Gasteiger partial charge in [0.25, 0.3) is 5.69 Å². The topological polar surface area (TPSA) is 43.1 Å². The van der Waals surface area contributed by atoms with Gasteiger partial charge in [-0.1, -0.05) is 20.8 Å². The van der Waals surface area contributed by atoms with Crippen LogP contribution in [-0.4, -0.2) is 10.3 Å². The Balaban J connectivity index is 3.15. The molecule has 1 unspecified atom stereocenters. The molecule has 0 saturated carbocycles.